The lowest BCUT2D eigenvalue weighted by Crippen LogP contribution is -2.48. The van der Waals surface area contributed by atoms with E-state index in [1.54, 1.807) is 6.92 Å². The van der Waals surface area contributed by atoms with E-state index in [0.29, 0.717) is 19.2 Å². The highest BCUT2D eigenvalue weighted by Gasteiger charge is 2.29. The first-order valence-corrected chi connectivity index (χ1v) is 10.1. The third-order valence-electron chi connectivity index (χ3n) is 5.59. The Labute approximate surface area is 161 Å². The van der Waals surface area contributed by atoms with Gasteiger partial charge in [0.05, 0.1) is 13.2 Å². The van der Waals surface area contributed by atoms with E-state index >= 15 is 0 Å². The molecule has 3 rings (SSSR count). The van der Waals surface area contributed by atoms with Crippen LogP contribution in [0.3, 0.4) is 0 Å². The monoisotopic (exact) mass is 373 g/mol. The normalized spacial score (nSPS) is 21.3. The summed E-state index contributed by atoms with van der Waals surface area (Å²) in [4.78, 5) is 28.1. The number of rotatable bonds is 6. The molecule has 2 heterocycles. The lowest BCUT2D eigenvalue weighted by molar-refractivity contribution is -0.130. The van der Waals surface area contributed by atoms with Gasteiger partial charge in [-0.05, 0) is 56.8 Å². The van der Waals surface area contributed by atoms with Crippen molar-refractivity contribution >= 4 is 11.8 Å². The van der Waals surface area contributed by atoms with E-state index in [2.05, 4.69) is 22.3 Å². The number of ether oxygens (including phenoxy) is 1. The van der Waals surface area contributed by atoms with E-state index in [1.807, 2.05) is 24.0 Å². The van der Waals surface area contributed by atoms with Gasteiger partial charge in [-0.25, -0.2) is 0 Å². The molecule has 2 aliphatic heterocycles. The highest BCUT2D eigenvalue weighted by molar-refractivity contribution is 5.78. The van der Waals surface area contributed by atoms with Gasteiger partial charge >= 0.3 is 0 Å². The summed E-state index contributed by atoms with van der Waals surface area (Å²) in [6, 6.07) is 8.73. The van der Waals surface area contributed by atoms with Crippen LogP contribution in [0.4, 0.5) is 0 Å². The van der Waals surface area contributed by atoms with Crippen molar-refractivity contribution in [1.29, 1.82) is 0 Å². The quantitative estimate of drug-likeness (QED) is 0.831. The molecule has 1 aromatic carbocycles. The number of piperidine rings is 1. The third kappa shape index (κ3) is 5.22. The van der Waals surface area contributed by atoms with Gasteiger partial charge in [0, 0.05) is 32.1 Å². The first-order valence-electron chi connectivity index (χ1n) is 10.1. The lowest BCUT2D eigenvalue weighted by Gasteiger charge is -2.32. The highest BCUT2D eigenvalue weighted by Crippen LogP contribution is 2.32. The molecule has 2 fully saturated rings. The van der Waals surface area contributed by atoms with Crippen LogP contribution in [-0.2, 0) is 9.59 Å². The van der Waals surface area contributed by atoms with Gasteiger partial charge in [0.15, 0.2) is 0 Å². The molecule has 27 heavy (non-hydrogen) atoms. The first-order chi connectivity index (χ1) is 13.1. The third-order valence-corrected chi connectivity index (χ3v) is 5.59. The Morgan fingerprint density at radius 1 is 1.11 bits per heavy atom. The minimum atomic E-state index is 0.0918. The van der Waals surface area contributed by atoms with Crippen LogP contribution < -0.4 is 10.1 Å². The fraction of sp³-hybridized carbons (Fsp3) is 0.619. The van der Waals surface area contributed by atoms with E-state index in [0.717, 1.165) is 51.1 Å². The van der Waals surface area contributed by atoms with Crippen LogP contribution in [0.2, 0.25) is 0 Å². The van der Waals surface area contributed by atoms with Gasteiger partial charge in [0.25, 0.3) is 0 Å². The van der Waals surface area contributed by atoms with Gasteiger partial charge in [-0.3, -0.25) is 14.5 Å². The van der Waals surface area contributed by atoms with Crippen molar-refractivity contribution in [1.82, 2.24) is 15.1 Å². The van der Waals surface area contributed by atoms with E-state index in [-0.39, 0.29) is 17.9 Å². The average Bonchev–Trinajstić information content (AvgIpc) is 3.11. The number of carbonyl (C=O) groups is 2. The minimum Gasteiger partial charge on any atom is -0.494 e. The summed E-state index contributed by atoms with van der Waals surface area (Å²) in [5, 5.41) is 3.16. The minimum absolute atomic E-state index is 0.0918. The van der Waals surface area contributed by atoms with E-state index in [4.69, 9.17) is 4.74 Å². The zero-order chi connectivity index (χ0) is 19.2. The number of likely N-dealkylation sites (tertiary alicyclic amines) is 2. The standard InChI is InChI=1S/C21H31N3O3/c1-3-27-19-8-6-17(7-9-19)20-5-4-12-24(20)15-21(26)22-18-10-13-23(14-11-18)16(2)25/h6-9,18,20H,3-5,10-15H2,1-2H3,(H,22,26). The SMILES string of the molecule is CCOc1ccc(C2CCCN2CC(=O)NC2CCN(C(C)=O)CC2)cc1. The van der Waals surface area contributed by atoms with Crippen LogP contribution in [0.25, 0.3) is 0 Å². The Balaban J connectivity index is 1.50. The maximum absolute atomic E-state index is 12.5. The van der Waals surface area contributed by atoms with Crippen molar-refractivity contribution in [3.63, 3.8) is 0 Å². The molecule has 6 nitrogen and oxygen atoms in total. The van der Waals surface area contributed by atoms with Crippen molar-refractivity contribution < 1.29 is 14.3 Å². The molecular formula is C21H31N3O3. The summed E-state index contributed by atoms with van der Waals surface area (Å²) in [5.74, 6) is 1.10. The topological polar surface area (TPSA) is 61.9 Å². The number of amides is 2. The smallest absolute Gasteiger partial charge is 0.234 e. The Kier molecular flexibility index (Phi) is 6.72. The van der Waals surface area contributed by atoms with Crippen molar-refractivity contribution in [2.75, 3.05) is 32.8 Å². The largest absolute Gasteiger partial charge is 0.494 e. The van der Waals surface area contributed by atoms with Crippen LogP contribution in [0.1, 0.15) is 51.1 Å². The van der Waals surface area contributed by atoms with Gasteiger partial charge < -0.3 is 15.0 Å². The second-order valence-electron chi connectivity index (χ2n) is 7.48. The van der Waals surface area contributed by atoms with Crippen LogP contribution >= 0.6 is 0 Å². The second kappa shape index (κ2) is 9.22. The zero-order valence-electron chi connectivity index (χ0n) is 16.4. The van der Waals surface area contributed by atoms with Crippen LogP contribution in [0, 0.1) is 0 Å². The summed E-state index contributed by atoms with van der Waals surface area (Å²) >= 11 is 0. The lowest BCUT2D eigenvalue weighted by atomic mass is 10.0. The maximum atomic E-state index is 12.5. The van der Waals surface area contributed by atoms with Gasteiger partial charge in [-0.2, -0.15) is 0 Å². The fourth-order valence-electron chi connectivity index (χ4n) is 4.14. The molecule has 2 aliphatic rings. The van der Waals surface area contributed by atoms with E-state index in [9.17, 15) is 9.59 Å². The summed E-state index contributed by atoms with van der Waals surface area (Å²) in [7, 11) is 0. The van der Waals surface area contributed by atoms with Gasteiger partial charge in [-0.1, -0.05) is 12.1 Å². The van der Waals surface area contributed by atoms with Crippen molar-refractivity contribution in [2.24, 2.45) is 0 Å². The Morgan fingerprint density at radius 2 is 1.81 bits per heavy atom. The number of carbonyl (C=O) groups excluding carboxylic acids is 2. The van der Waals surface area contributed by atoms with Crippen LogP contribution in [-0.4, -0.2) is 60.4 Å². The summed E-state index contributed by atoms with van der Waals surface area (Å²) < 4.78 is 5.52. The van der Waals surface area contributed by atoms with Crippen molar-refractivity contribution in [3.05, 3.63) is 29.8 Å². The van der Waals surface area contributed by atoms with E-state index in [1.165, 1.54) is 5.56 Å². The zero-order valence-corrected chi connectivity index (χ0v) is 16.4. The number of hydrogen-bond donors (Lipinski definition) is 1. The van der Waals surface area contributed by atoms with E-state index < -0.39 is 0 Å². The van der Waals surface area contributed by atoms with Gasteiger partial charge in [0.2, 0.25) is 11.8 Å². The molecule has 2 amide bonds. The number of benzene rings is 1. The van der Waals surface area contributed by atoms with Crippen molar-refractivity contribution in [3.8, 4) is 5.75 Å². The predicted octanol–water partition coefficient (Wildman–Crippen LogP) is 2.35. The first kappa shape index (κ1) is 19.7. The Bertz CT molecular complexity index is 639. The molecule has 148 valence electrons. The molecular weight excluding hydrogens is 342 g/mol. The fourth-order valence-corrected chi connectivity index (χ4v) is 4.14. The summed E-state index contributed by atoms with van der Waals surface area (Å²) in [6.07, 6.45) is 3.88. The Morgan fingerprint density at radius 3 is 2.44 bits per heavy atom. The number of nitrogens with zero attached hydrogens (tertiary/aromatic N) is 2. The summed E-state index contributed by atoms with van der Waals surface area (Å²) in [5.41, 5.74) is 1.25. The molecule has 0 bridgehead atoms. The molecule has 1 aromatic rings. The second-order valence-corrected chi connectivity index (χ2v) is 7.48. The summed E-state index contributed by atoms with van der Waals surface area (Å²) in [6.45, 7) is 7.11. The molecule has 0 aromatic heterocycles. The van der Waals surface area contributed by atoms with Crippen molar-refractivity contribution in [2.45, 2.75) is 51.6 Å². The molecule has 6 heteroatoms. The Hall–Kier alpha value is -2.08. The van der Waals surface area contributed by atoms with Crippen LogP contribution in [0.15, 0.2) is 24.3 Å². The maximum Gasteiger partial charge on any atom is 0.234 e. The predicted molar refractivity (Wildman–Crippen MR) is 105 cm³/mol. The molecule has 1 unspecified atom stereocenters. The molecule has 0 radical (unpaired) electrons. The van der Waals surface area contributed by atoms with Gasteiger partial charge in [-0.15, -0.1) is 0 Å². The number of nitrogens with one attached hydrogen (secondary N) is 1. The molecule has 2 saturated heterocycles. The molecule has 0 spiro atoms. The molecule has 1 atom stereocenters. The molecule has 1 N–H and O–H groups in total. The highest BCUT2D eigenvalue weighted by atomic mass is 16.5. The molecule has 0 saturated carbocycles. The number of hydrogen-bond acceptors (Lipinski definition) is 4. The molecule has 0 aliphatic carbocycles. The average molecular weight is 373 g/mol. The van der Waals surface area contributed by atoms with Gasteiger partial charge in [0.1, 0.15) is 5.75 Å². The van der Waals surface area contributed by atoms with Crippen LogP contribution in [0.5, 0.6) is 5.75 Å².